The van der Waals surface area contributed by atoms with Gasteiger partial charge in [-0.15, -0.1) is 0 Å². The van der Waals surface area contributed by atoms with Gasteiger partial charge in [-0.05, 0) is 55.5 Å². The van der Waals surface area contributed by atoms with E-state index in [-0.39, 0.29) is 0 Å². The number of benzene rings is 1. The quantitative estimate of drug-likeness (QED) is 0.516. The molecular formula is C16H19N5S. The molecule has 0 saturated carbocycles. The van der Waals surface area contributed by atoms with E-state index in [0.29, 0.717) is 5.11 Å². The molecule has 1 aromatic carbocycles. The van der Waals surface area contributed by atoms with Crippen LogP contribution in [0.25, 0.3) is 0 Å². The highest BCUT2D eigenvalue weighted by molar-refractivity contribution is 7.80. The lowest BCUT2D eigenvalue weighted by atomic mass is 10.2. The lowest BCUT2D eigenvalue weighted by Gasteiger charge is -2.13. The lowest BCUT2D eigenvalue weighted by molar-refractivity contribution is 1.03. The molecule has 1 aromatic heterocycles. The molecule has 0 aliphatic rings. The molecule has 1 heterocycles. The minimum atomic E-state index is 0.438. The second-order valence-electron chi connectivity index (χ2n) is 4.92. The van der Waals surface area contributed by atoms with Crippen LogP contribution in [0, 0.1) is 0 Å². The normalized spacial score (nSPS) is 11.0. The minimum Gasteiger partial charge on any atom is -0.378 e. The molecule has 0 spiro atoms. The summed E-state index contributed by atoms with van der Waals surface area (Å²) in [5.74, 6) is 0. The fraction of sp³-hybridized carbons (Fsp3) is 0.188. The van der Waals surface area contributed by atoms with Crippen molar-refractivity contribution in [3.63, 3.8) is 0 Å². The Morgan fingerprint density at radius 3 is 2.45 bits per heavy atom. The monoisotopic (exact) mass is 313 g/mol. The van der Waals surface area contributed by atoms with E-state index < -0.39 is 0 Å². The smallest absolute Gasteiger partial charge is 0.191 e. The van der Waals surface area contributed by atoms with E-state index >= 15 is 0 Å². The predicted molar refractivity (Wildman–Crippen MR) is 96.6 cm³/mol. The molecule has 0 bridgehead atoms. The highest BCUT2D eigenvalue weighted by Crippen LogP contribution is 2.15. The zero-order valence-electron chi connectivity index (χ0n) is 12.9. The third kappa shape index (κ3) is 4.53. The highest BCUT2D eigenvalue weighted by atomic mass is 32.1. The summed E-state index contributed by atoms with van der Waals surface area (Å²) in [6.07, 6.45) is 1.73. The number of hydrogen-bond donors (Lipinski definition) is 2. The number of anilines is 2. The van der Waals surface area contributed by atoms with Crippen LogP contribution in [-0.4, -0.2) is 29.9 Å². The van der Waals surface area contributed by atoms with E-state index in [4.69, 9.17) is 12.2 Å². The van der Waals surface area contributed by atoms with Crippen molar-refractivity contribution in [2.45, 2.75) is 6.92 Å². The van der Waals surface area contributed by atoms with Crippen LogP contribution in [0.15, 0.2) is 53.8 Å². The van der Waals surface area contributed by atoms with Crippen molar-refractivity contribution in [2.24, 2.45) is 5.10 Å². The van der Waals surface area contributed by atoms with E-state index in [9.17, 15) is 0 Å². The number of nitrogens with zero attached hydrogens (tertiary/aromatic N) is 3. The Morgan fingerprint density at radius 2 is 1.86 bits per heavy atom. The van der Waals surface area contributed by atoms with Crippen LogP contribution in [0.4, 0.5) is 11.4 Å². The van der Waals surface area contributed by atoms with Crippen molar-refractivity contribution in [3.05, 3.63) is 54.4 Å². The summed E-state index contributed by atoms with van der Waals surface area (Å²) in [4.78, 5) is 6.27. The summed E-state index contributed by atoms with van der Waals surface area (Å²) in [7, 11) is 4.01. The minimum absolute atomic E-state index is 0.438. The Labute approximate surface area is 136 Å². The van der Waals surface area contributed by atoms with Gasteiger partial charge in [0.15, 0.2) is 5.11 Å². The number of aromatic nitrogens is 1. The van der Waals surface area contributed by atoms with Crippen molar-refractivity contribution in [1.29, 1.82) is 0 Å². The van der Waals surface area contributed by atoms with Crippen molar-refractivity contribution in [2.75, 3.05) is 24.3 Å². The molecule has 5 nitrogen and oxygen atoms in total. The first-order valence-corrected chi connectivity index (χ1v) is 7.27. The van der Waals surface area contributed by atoms with Gasteiger partial charge in [-0.2, -0.15) is 5.10 Å². The van der Waals surface area contributed by atoms with Crippen LogP contribution < -0.4 is 15.6 Å². The van der Waals surface area contributed by atoms with Gasteiger partial charge in [0.05, 0.1) is 11.4 Å². The van der Waals surface area contributed by atoms with Crippen molar-refractivity contribution >= 4 is 34.4 Å². The van der Waals surface area contributed by atoms with Gasteiger partial charge < -0.3 is 10.2 Å². The number of hydrogen-bond acceptors (Lipinski definition) is 4. The summed E-state index contributed by atoms with van der Waals surface area (Å²) < 4.78 is 0. The van der Waals surface area contributed by atoms with Gasteiger partial charge >= 0.3 is 0 Å². The first kappa shape index (κ1) is 15.9. The zero-order valence-corrected chi connectivity index (χ0v) is 13.7. The average Bonchev–Trinajstić information content (AvgIpc) is 2.54. The first-order chi connectivity index (χ1) is 10.6. The Hall–Kier alpha value is -2.47. The van der Waals surface area contributed by atoms with Crippen molar-refractivity contribution in [3.8, 4) is 0 Å². The van der Waals surface area contributed by atoms with Crippen LogP contribution in [0.1, 0.15) is 12.6 Å². The third-order valence-electron chi connectivity index (χ3n) is 3.00. The standard InChI is InChI=1S/C16H19N5S/c1-12(15-6-4-5-11-17-15)19-20-16(22)18-13-7-9-14(10-8-13)21(2)3/h4-11H,1-3H3,(H2,18,20,22)/b19-12-. The molecular weight excluding hydrogens is 294 g/mol. The van der Waals surface area contributed by atoms with Gasteiger partial charge in [0, 0.05) is 31.7 Å². The Morgan fingerprint density at radius 1 is 1.14 bits per heavy atom. The molecule has 6 heteroatoms. The van der Waals surface area contributed by atoms with Gasteiger partial charge in [0.1, 0.15) is 0 Å². The van der Waals surface area contributed by atoms with E-state index in [2.05, 4.69) is 20.8 Å². The third-order valence-corrected chi connectivity index (χ3v) is 3.20. The summed E-state index contributed by atoms with van der Waals surface area (Å²) in [5.41, 5.74) is 6.45. The van der Waals surface area contributed by atoms with Crippen LogP contribution in [0.5, 0.6) is 0 Å². The maximum Gasteiger partial charge on any atom is 0.191 e. The number of pyridine rings is 1. The maximum atomic E-state index is 5.23. The molecule has 2 N–H and O–H groups in total. The first-order valence-electron chi connectivity index (χ1n) is 6.86. The molecule has 0 aliphatic heterocycles. The van der Waals surface area contributed by atoms with Crippen molar-refractivity contribution < 1.29 is 0 Å². The van der Waals surface area contributed by atoms with Gasteiger partial charge in [0.25, 0.3) is 0 Å². The number of nitrogens with one attached hydrogen (secondary N) is 2. The Kier molecular flexibility index (Phi) is 5.43. The number of rotatable bonds is 4. The molecule has 0 radical (unpaired) electrons. The molecule has 0 fully saturated rings. The van der Waals surface area contributed by atoms with Crippen LogP contribution in [-0.2, 0) is 0 Å². The topological polar surface area (TPSA) is 52.6 Å². The number of thiocarbonyl (C=S) groups is 1. The number of hydrazone groups is 1. The molecule has 114 valence electrons. The lowest BCUT2D eigenvalue weighted by Crippen LogP contribution is -2.25. The molecule has 0 aliphatic carbocycles. The van der Waals surface area contributed by atoms with Crippen molar-refractivity contribution in [1.82, 2.24) is 10.4 Å². The summed E-state index contributed by atoms with van der Waals surface area (Å²) in [5, 5.41) is 7.76. The largest absolute Gasteiger partial charge is 0.378 e. The molecule has 2 rings (SSSR count). The van der Waals surface area contributed by atoms with Gasteiger partial charge in [-0.1, -0.05) is 6.07 Å². The van der Waals surface area contributed by atoms with Crippen LogP contribution in [0.2, 0.25) is 0 Å². The zero-order chi connectivity index (χ0) is 15.9. The molecule has 0 unspecified atom stereocenters. The fourth-order valence-electron chi connectivity index (χ4n) is 1.77. The highest BCUT2D eigenvalue weighted by Gasteiger charge is 2.00. The van der Waals surface area contributed by atoms with Gasteiger partial charge in [0.2, 0.25) is 0 Å². The summed E-state index contributed by atoms with van der Waals surface area (Å²) in [6, 6.07) is 13.7. The van der Waals surface area contributed by atoms with E-state index in [1.54, 1.807) is 6.20 Å². The van der Waals surface area contributed by atoms with E-state index in [1.807, 2.05) is 68.4 Å². The fourth-order valence-corrected chi connectivity index (χ4v) is 1.93. The average molecular weight is 313 g/mol. The summed E-state index contributed by atoms with van der Waals surface area (Å²) in [6.45, 7) is 1.88. The molecule has 0 saturated heterocycles. The van der Waals surface area contributed by atoms with E-state index in [0.717, 1.165) is 22.8 Å². The Balaban J connectivity index is 1.93. The van der Waals surface area contributed by atoms with Gasteiger partial charge in [-0.25, -0.2) is 0 Å². The molecule has 0 amide bonds. The SMILES string of the molecule is C/C(=N/NC(=S)Nc1ccc(N(C)C)cc1)c1ccccn1. The maximum absolute atomic E-state index is 5.23. The predicted octanol–water partition coefficient (Wildman–Crippen LogP) is 2.86. The van der Waals surface area contributed by atoms with Crippen LogP contribution in [0.3, 0.4) is 0 Å². The molecule has 2 aromatic rings. The molecule has 22 heavy (non-hydrogen) atoms. The second-order valence-corrected chi connectivity index (χ2v) is 5.33. The van der Waals surface area contributed by atoms with Crippen LogP contribution >= 0.6 is 12.2 Å². The molecule has 0 atom stereocenters. The summed E-state index contributed by atoms with van der Waals surface area (Å²) >= 11 is 5.23. The van der Waals surface area contributed by atoms with Gasteiger partial charge in [-0.3, -0.25) is 10.4 Å². The van der Waals surface area contributed by atoms with E-state index in [1.165, 1.54) is 0 Å². The Bertz CT molecular complexity index is 650. The second kappa shape index (κ2) is 7.51.